The van der Waals surface area contributed by atoms with E-state index in [1.165, 1.54) is 25.4 Å². The molecule has 2 aromatic rings. The highest BCUT2D eigenvalue weighted by Gasteiger charge is 2.10. The lowest BCUT2D eigenvalue weighted by molar-refractivity contribution is 0.0606. The SMILES string of the molecule is COC(=O)c1cnc(Nc2cc(F)cc(Cl)c2)s1. The van der Waals surface area contributed by atoms with Crippen molar-refractivity contribution in [3.8, 4) is 0 Å². The second-order valence-corrected chi connectivity index (χ2v) is 4.77. The summed E-state index contributed by atoms with van der Waals surface area (Å²) in [5.41, 5.74) is 0.464. The third kappa shape index (κ3) is 2.96. The minimum atomic E-state index is -0.460. The number of halogens is 2. The molecule has 0 atom stereocenters. The first-order valence-corrected chi connectivity index (χ1v) is 6.05. The molecule has 0 amide bonds. The summed E-state index contributed by atoms with van der Waals surface area (Å²) in [6.07, 6.45) is 1.39. The van der Waals surface area contributed by atoms with Crippen molar-refractivity contribution < 1.29 is 13.9 Å². The number of carbonyl (C=O) groups is 1. The van der Waals surface area contributed by atoms with Crippen LogP contribution >= 0.6 is 22.9 Å². The van der Waals surface area contributed by atoms with Crippen molar-refractivity contribution in [3.05, 3.63) is 40.1 Å². The van der Waals surface area contributed by atoms with Gasteiger partial charge < -0.3 is 10.1 Å². The van der Waals surface area contributed by atoms with Gasteiger partial charge in [0.25, 0.3) is 0 Å². The molecule has 0 saturated carbocycles. The molecular formula is C11H8ClFN2O2S. The number of methoxy groups -OCH3 is 1. The molecule has 0 unspecified atom stereocenters. The van der Waals surface area contributed by atoms with Crippen molar-refractivity contribution in [1.82, 2.24) is 4.98 Å². The van der Waals surface area contributed by atoms with Crippen molar-refractivity contribution >= 4 is 39.7 Å². The number of anilines is 2. The van der Waals surface area contributed by atoms with E-state index in [2.05, 4.69) is 15.0 Å². The third-order valence-corrected chi connectivity index (χ3v) is 3.12. The first-order chi connectivity index (χ1) is 8.58. The van der Waals surface area contributed by atoms with E-state index in [4.69, 9.17) is 11.6 Å². The first kappa shape index (κ1) is 12.8. The van der Waals surface area contributed by atoms with Crippen LogP contribution in [0.4, 0.5) is 15.2 Å². The fourth-order valence-electron chi connectivity index (χ4n) is 1.28. The average molecular weight is 287 g/mol. The quantitative estimate of drug-likeness (QED) is 0.878. The molecule has 0 radical (unpaired) electrons. The van der Waals surface area contributed by atoms with Gasteiger partial charge in [0.1, 0.15) is 10.7 Å². The molecule has 0 spiro atoms. The van der Waals surface area contributed by atoms with Crippen molar-refractivity contribution in [1.29, 1.82) is 0 Å². The van der Waals surface area contributed by atoms with Crippen LogP contribution in [0.3, 0.4) is 0 Å². The molecule has 7 heteroatoms. The highest BCUT2D eigenvalue weighted by Crippen LogP contribution is 2.25. The number of nitrogens with one attached hydrogen (secondary N) is 1. The van der Waals surface area contributed by atoms with Crippen molar-refractivity contribution in [2.45, 2.75) is 0 Å². The number of thiazole rings is 1. The van der Waals surface area contributed by atoms with Gasteiger partial charge in [-0.3, -0.25) is 0 Å². The van der Waals surface area contributed by atoms with Crippen LogP contribution in [-0.2, 0) is 4.74 Å². The molecule has 1 N–H and O–H groups in total. The van der Waals surface area contributed by atoms with Crippen molar-refractivity contribution in [3.63, 3.8) is 0 Å². The Bertz CT molecular complexity index is 568. The lowest BCUT2D eigenvalue weighted by atomic mass is 10.3. The predicted molar refractivity (Wildman–Crippen MR) is 68.1 cm³/mol. The van der Waals surface area contributed by atoms with Gasteiger partial charge >= 0.3 is 5.97 Å². The van der Waals surface area contributed by atoms with Crippen LogP contribution in [-0.4, -0.2) is 18.1 Å². The Kier molecular flexibility index (Phi) is 3.78. The van der Waals surface area contributed by atoms with Crippen molar-refractivity contribution in [2.75, 3.05) is 12.4 Å². The molecule has 0 fully saturated rings. The molecular weight excluding hydrogens is 279 g/mol. The summed E-state index contributed by atoms with van der Waals surface area (Å²) in [5, 5.41) is 3.60. The van der Waals surface area contributed by atoms with Crippen LogP contribution < -0.4 is 5.32 Å². The van der Waals surface area contributed by atoms with Gasteiger partial charge in [-0.05, 0) is 18.2 Å². The van der Waals surface area contributed by atoms with E-state index in [1.807, 2.05) is 0 Å². The van der Waals surface area contributed by atoms with Gasteiger partial charge in [-0.2, -0.15) is 0 Å². The van der Waals surface area contributed by atoms with E-state index >= 15 is 0 Å². The Hall–Kier alpha value is -1.66. The molecule has 0 aliphatic carbocycles. The zero-order valence-electron chi connectivity index (χ0n) is 9.24. The number of benzene rings is 1. The maximum Gasteiger partial charge on any atom is 0.349 e. The first-order valence-electron chi connectivity index (χ1n) is 4.86. The lowest BCUT2D eigenvalue weighted by Gasteiger charge is -2.02. The van der Waals surface area contributed by atoms with Crippen LogP contribution in [0.15, 0.2) is 24.4 Å². The molecule has 4 nitrogen and oxygen atoms in total. The summed E-state index contributed by atoms with van der Waals surface area (Å²) >= 11 is 6.83. The van der Waals surface area contributed by atoms with Gasteiger partial charge in [0.2, 0.25) is 0 Å². The minimum absolute atomic E-state index is 0.280. The Balaban J connectivity index is 2.18. The van der Waals surface area contributed by atoms with Crippen LogP contribution in [0, 0.1) is 5.82 Å². The summed E-state index contributed by atoms with van der Waals surface area (Å²) in [7, 11) is 1.29. The van der Waals surface area contributed by atoms with Crippen LogP contribution in [0.2, 0.25) is 5.02 Å². The monoisotopic (exact) mass is 286 g/mol. The standard InChI is InChI=1S/C11H8ClFN2O2S/c1-17-10(16)9-5-14-11(18-9)15-8-3-6(12)2-7(13)4-8/h2-5H,1H3,(H,14,15). The molecule has 0 bridgehead atoms. The smallest absolute Gasteiger partial charge is 0.349 e. The van der Waals surface area contributed by atoms with E-state index < -0.39 is 11.8 Å². The van der Waals surface area contributed by atoms with E-state index in [1.54, 1.807) is 6.07 Å². The van der Waals surface area contributed by atoms with Crippen molar-refractivity contribution in [2.24, 2.45) is 0 Å². The zero-order valence-corrected chi connectivity index (χ0v) is 10.8. The maximum atomic E-state index is 13.1. The number of ether oxygens (including phenoxy) is 1. The number of nitrogens with zero attached hydrogens (tertiary/aromatic N) is 1. The average Bonchev–Trinajstić information content (AvgIpc) is 2.75. The summed E-state index contributed by atoms with van der Waals surface area (Å²) in [4.78, 5) is 15.6. The maximum absolute atomic E-state index is 13.1. The molecule has 18 heavy (non-hydrogen) atoms. The van der Waals surface area contributed by atoms with E-state index in [0.29, 0.717) is 15.7 Å². The predicted octanol–water partition coefficient (Wildman–Crippen LogP) is 3.47. The number of esters is 1. The Morgan fingerprint density at radius 3 is 2.94 bits per heavy atom. The van der Waals surface area contributed by atoms with E-state index in [-0.39, 0.29) is 5.02 Å². The van der Waals surface area contributed by atoms with Crippen LogP contribution in [0.1, 0.15) is 9.67 Å². The number of carbonyl (C=O) groups excluding carboxylic acids is 1. The summed E-state index contributed by atoms with van der Waals surface area (Å²) in [6, 6.07) is 4.05. The third-order valence-electron chi connectivity index (χ3n) is 2.01. The summed E-state index contributed by atoms with van der Waals surface area (Å²) < 4.78 is 17.7. The molecule has 1 aromatic carbocycles. The molecule has 1 aromatic heterocycles. The topological polar surface area (TPSA) is 51.2 Å². The van der Waals surface area contributed by atoms with Crippen LogP contribution in [0.5, 0.6) is 0 Å². The van der Waals surface area contributed by atoms with Gasteiger partial charge in [0.05, 0.1) is 13.3 Å². The molecule has 0 saturated heterocycles. The second-order valence-electron chi connectivity index (χ2n) is 3.30. The van der Waals surface area contributed by atoms with Gasteiger partial charge in [0, 0.05) is 10.7 Å². The highest BCUT2D eigenvalue weighted by atomic mass is 35.5. The lowest BCUT2D eigenvalue weighted by Crippen LogP contribution is -1.96. The largest absolute Gasteiger partial charge is 0.465 e. The molecule has 0 aliphatic rings. The van der Waals surface area contributed by atoms with Gasteiger partial charge in [-0.25, -0.2) is 14.2 Å². The number of aromatic nitrogens is 1. The highest BCUT2D eigenvalue weighted by molar-refractivity contribution is 7.17. The number of hydrogen-bond donors (Lipinski definition) is 1. The normalized spacial score (nSPS) is 10.2. The second kappa shape index (κ2) is 5.32. The van der Waals surface area contributed by atoms with Gasteiger partial charge in [-0.15, -0.1) is 0 Å². The van der Waals surface area contributed by atoms with E-state index in [0.717, 1.165) is 11.3 Å². The molecule has 0 aliphatic heterocycles. The molecule has 1 heterocycles. The summed E-state index contributed by atoms with van der Waals surface area (Å²) in [6.45, 7) is 0. The minimum Gasteiger partial charge on any atom is -0.465 e. The van der Waals surface area contributed by atoms with Crippen LogP contribution in [0.25, 0.3) is 0 Å². The zero-order chi connectivity index (χ0) is 13.1. The summed E-state index contributed by atoms with van der Waals surface area (Å²) in [5.74, 6) is -0.910. The van der Waals surface area contributed by atoms with E-state index in [9.17, 15) is 9.18 Å². The Morgan fingerprint density at radius 1 is 1.50 bits per heavy atom. The Labute approximate surface area is 111 Å². The fourth-order valence-corrected chi connectivity index (χ4v) is 2.25. The van der Waals surface area contributed by atoms with Gasteiger partial charge in [-0.1, -0.05) is 22.9 Å². The fraction of sp³-hybridized carbons (Fsp3) is 0.0909. The Morgan fingerprint density at radius 2 is 2.28 bits per heavy atom. The van der Waals surface area contributed by atoms with Gasteiger partial charge in [0.15, 0.2) is 5.13 Å². The molecule has 94 valence electrons. The molecule has 2 rings (SSSR count). The number of hydrogen-bond acceptors (Lipinski definition) is 5. The number of rotatable bonds is 3.